The standard InChI is InChI=1S/C21H26FNO3S4/c1-3-21(24)26-8-11-28-9-6-25-7-10-29-12-13-30-19-15-20(27)23(2)18-5-4-16(22)14-17(18)19/h3-5,14-15H,1,6-13H2,2H3. The van der Waals surface area contributed by atoms with Gasteiger partial charge in [-0.3, -0.25) is 0 Å². The van der Waals surface area contributed by atoms with E-state index in [2.05, 4.69) is 6.58 Å². The molecule has 2 aromatic rings. The molecule has 0 spiro atoms. The van der Waals surface area contributed by atoms with Crippen molar-refractivity contribution in [3.05, 3.63) is 47.4 Å². The van der Waals surface area contributed by atoms with Gasteiger partial charge in [-0.15, -0.1) is 11.8 Å². The largest absolute Gasteiger partial charge is 0.462 e. The third-order valence-electron chi connectivity index (χ3n) is 4.04. The summed E-state index contributed by atoms with van der Waals surface area (Å²) in [5.74, 6) is 3.88. The zero-order valence-corrected chi connectivity index (χ0v) is 20.2. The predicted molar refractivity (Wildman–Crippen MR) is 131 cm³/mol. The molecule has 0 radical (unpaired) electrons. The number of pyridine rings is 1. The zero-order valence-electron chi connectivity index (χ0n) is 16.9. The summed E-state index contributed by atoms with van der Waals surface area (Å²) in [6, 6.07) is 6.78. The van der Waals surface area contributed by atoms with Crippen molar-refractivity contribution in [2.24, 2.45) is 7.05 Å². The van der Waals surface area contributed by atoms with Gasteiger partial charge >= 0.3 is 5.97 Å². The van der Waals surface area contributed by atoms with Crippen LogP contribution in [-0.4, -0.2) is 59.1 Å². The van der Waals surface area contributed by atoms with Crippen LogP contribution in [0, 0.1) is 10.5 Å². The Morgan fingerprint density at radius 1 is 1.13 bits per heavy atom. The quantitative estimate of drug-likeness (QED) is 0.117. The Morgan fingerprint density at radius 3 is 2.57 bits per heavy atom. The topological polar surface area (TPSA) is 40.5 Å². The number of rotatable bonds is 14. The molecule has 0 N–H and O–H groups in total. The molecule has 1 aromatic carbocycles. The fourth-order valence-corrected chi connectivity index (χ4v) is 5.45. The smallest absolute Gasteiger partial charge is 0.330 e. The van der Waals surface area contributed by atoms with E-state index < -0.39 is 0 Å². The average Bonchev–Trinajstić information content (AvgIpc) is 2.74. The first-order chi connectivity index (χ1) is 14.5. The molecule has 0 saturated heterocycles. The molecule has 0 aliphatic rings. The van der Waals surface area contributed by atoms with Crippen LogP contribution in [0.1, 0.15) is 0 Å². The van der Waals surface area contributed by atoms with E-state index in [-0.39, 0.29) is 11.8 Å². The van der Waals surface area contributed by atoms with Gasteiger partial charge in [-0.1, -0.05) is 18.8 Å². The van der Waals surface area contributed by atoms with Gasteiger partial charge in [0.2, 0.25) is 0 Å². The maximum atomic E-state index is 13.7. The van der Waals surface area contributed by atoms with Crippen LogP contribution in [0.5, 0.6) is 0 Å². The third kappa shape index (κ3) is 8.63. The van der Waals surface area contributed by atoms with Crippen molar-refractivity contribution in [1.29, 1.82) is 0 Å². The van der Waals surface area contributed by atoms with Crippen molar-refractivity contribution in [2.45, 2.75) is 4.90 Å². The molecule has 164 valence electrons. The van der Waals surface area contributed by atoms with Crippen LogP contribution < -0.4 is 0 Å². The van der Waals surface area contributed by atoms with Crippen molar-refractivity contribution in [3.63, 3.8) is 0 Å². The number of thioether (sulfide) groups is 3. The van der Waals surface area contributed by atoms with Gasteiger partial charge in [-0.2, -0.15) is 23.5 Å². The van der Waals surface area contributed by atoms with Crippen LogP contribution in [0.15, 0.2) is 41.8 Å². The Morgan fingerprint density at radius 2 is 1.83 bits per heavy atom. The van der Waals surface area contributed by atoms with Crippen molar-refractivity contribution < 1.29 is 18.7 Å². The normalized spacial score (nSPS) is 11.0. The molecule has 30 heavy (non-hydrogen) atoms. The molecule has 1 aromatic heterocycles. The summed E-state index contributed by atoms with van der Waals surface area (Å²) in [4.78, 5) is 11.9. The van der Waals surface area contributed by atoms with E-state index in [1.54, 1.807) is 35.7 Å². The van der Waals surface area contributed by atoms with Crippen molar-refractivity contribution in [3.8, 4) is 0 Å². The molecule has 9 heteroatoms. The Balaban J connectivity index is 1.57. The van der Waals surface area contributed by atoms with Crippen molar-refractivity contribution >= 4 is 64.4 Å². The van der Waals surface area contributed by atoms with E-state index in [0.29, 0.717) is 19.8 Å². The lowest BCUT2D eigenvalue weighted by Gasteiger charge is -2.11. The van der Waals surface area contributed by atoms with E-state index in [9.17, 15) is 9.18 Å². The minimum Gasteiger partial charge on any atom is -0.462 e. The highest BCUT2D eigenvalue weighted by molar-refractivity contribution is 8.03. The van der Waals surface area contributed by atoms with Gasteiger partial charge in [0.05, 0.1) is 18.7 Å². The number of aromatic nitrogens is 1. The number of hydrogen-bond donors (Lipinski definition) is 0. The van der Waals surface area contributed by atoms with Crippen LogP contribution in [0.2, 0.25) is 0 Å². The number of carbonyl (C=O) groups is 1. The predicted octanol–water partition coefficient (Wildman–Crippen LogP) is 5.35. The highest BCUT2D eigenvalue weighted by Crippen LogP contribution is 2.29. The number of hydrogen-bond acceptors (Lipinski definition) is 7. The second-order valence-electron chi connectivity index (χ2n) is 6.12. The molecule has 0 unspecified atom stereocenters. The monoisotopic (exact) mass is 487 g/mol. The number of nitrogens with zero attached hydrogens (tertiary/aromatic N) is 1. The number of carbonyl (C=O) groups excluding carboxylic acids is 1. The fraction of sp³-hybridized carbons (Fsp3) is 0.429. The summed E-state index contributed by atoms with van der Waals surface area (Å²) in [6.07, 6.45) is 1.17. The van der Waals surface area contributed by atoms with Crippen molar-refractivity contribution in [1.82, 2.24) is 4.57 Å². The first kappa shape index (κ1) is 25.3. The number of benzene rings is 1. The van der Waals surface area contributed by atoms with E-state index >= 15 is 0 Å². The molecule has 0 saturated carbocycles. The van der Waals surface area contributed by atoms with Gasteiger partial charge in [0.1, 0.15) is 17.1 Å². The molecule has 0 bridgehead atoms. The summed E-state index contributed by atoms with van der Waals surface area (Å²) in [5.41, 5.74) is 0.948. The Kier molecular flexibility index (Phi) is 11.9. The molecule has 4 nitrogen and oxygen atoms in total. The van der Waals surface area contributed by atoms with Gasteiger partial charge in [0, 0.05) is 52.2 Å². The second kappa shape index (κ2) is 14.1. The van der Waals surface area contributed by atoms with Gasteiger partial charge in [-0.25, -0.2) is 9.18 Å². The minimum atomic E-state index is -0.381. The summed E-state index contributed by atoms with van der Waals surface area (Å²) in [7, 11) is 1.91. The van der Waals surface area contributed by atoms with E-state index in [4.69, 9.17) is 21.7 Å². The lowest BCUT2D eigenvalue weighted by atomic mass is 10.2. The molecular formula is C21H26FNO3S4. The SMILES string of the molecule is C=CC(=O)OCCSCCOCCSCCSc1cc(=S)n(C)c2ccc(F)cc12. The molecular weight excluding hydrogens is 462 g/mol. The molecule has 1 heterocycles. The van der Waals surface area contributed by atoms with E-state index in [0.717, 1.165) is 49.2 Å². The van der Waals surface area contributed by atoms with E-state index in [1.807, 2.05) is 29.4 Å². The average molecular weight is 488 g/mol. The van der Waals surface area contributed by atoms with Crippen LogP contribution >= 0.6 is 47.5 Å². The minimum absolute atomic E-state index is 0.232. The van der Waals surface area contributed by atoms with Gasteiger partial charge in [0.15, 0.2) is 0 Å². The van der Waals surface area contributed by atoms with Crippen LogP contribution in [0.4, 0.5) is 4.39 Å². The molecule has 0 aliphatic carbocycles. The summed E-state index contributed by atoms with van der Waals surface area (Å²) in [6.45, 7) is 5.16. The van der Waals surface area contributed by atoms with Crippen LogP contribution in [0.25, 0.3) is 10.9 Å². The summed E-state index contributed by atoms with van der Waals surface area (Å²) < 4.78 is 26.9. The highest BCUT2D eigenvalue weighted by atomic mass is 32.2. The first-order valence-corrected chi connectivity index (χ1v) is 13.2. The molecule has 0 atom stereocenters. The maximum absolute atomic E-state index is 13.7. The molecule has 0 amide bonds. The van der Waals surface area contributed by atoms with Crippen LogP contribution in [0.3, 0.4) is 0 Å². The number of ether oxygens (including phenoxy) is 2. The molecule has 0 aliphatic heterocycles. The Hall–Kier alpha value is -1.00. The number of halogens is 1. The summed E-state index contributed by atoms with van der Waals surface area (Å²) >= 11 is 10.7. The number of esters is 1. The zero-order chi connectivity index (χ0) is 21.8. The lowest BCUT2D eigenvalue weighted by Crippen LogP contribution is -2.06. The summed E-state index contributed by atoms with van der Waals surface area (Å²) in [5, 5.41) is 0.904. The van der Waals surface area contributed by atoms with E-state index in [1.165, 1.54) is 12.1 Å². The first-order valence-electron chi connectivity index (χ1n) is 9.47. The van der Waals surface area contributed by atoms with Crippen LogP contribution in [-0.2, 0) is 21.3 Å². The third-order valence-corrected chi connectivity index (χ3v) is 7.60. The number of fused-ring (bicyclic) bond motifs is 1. The van der Waals surface area contributed by atoms with Gasteiger partial charge in [-0.05, 0) is 24.3 Å². The highest BCUT2D eigenvalue weighted by Gasteiger charge is 2.07. The van der Waals surface area contributed by atoms with Crippen molar-refractivity contribution in [2.75, 3.05) is 48.6 Å². The van der Waals surface area contributed by atoms with Gasteiger partial charge < -0.3 is 14.0 Å². The Labute approximate surface area is 195 Å². The molecule has 0 fully saturated rings. The van der Waals surface area contributed by atoms with Gasteiger partial charge in [0.25, 0.3) is 0 Å². The second-order valence-corrected chi connectivity index (χ2v) is 10.1. The maximum Gasteiger partial charge on any atom is 0.330 e. The lowest BCUT2D eigenvalue weighted by molar-refractivity contribution is -0.137. The molecule has 2 rings (SSSR count). The number of aryl methyl sites for hydroxylation is 1. The fourth-order valence-electron chi connectivity index (χ4n) is 2.54. The Bertz CT molecular complexity index is 904.